The van der Waals surface area contributed by atoms with Gasteiger partial charge in [-0.05, 0) is 159 Å². The summed E-state index contributed by atoms with van der Waals surface area (Å²) in [7, 11) is 6.46. The Balaban J connectivity index is 0.894. The molecule has 16 bridgehead atoms. The molecule has 0 saturated carbocycles. The lowest BCUT2D eigenvalue weighted by Gasteiger charge is -2.17. The molecule has 2 aliphatic carbocycles. The van der Waals surface area contributed by atoms with E-state index >= 15 is 0 Å². The number of allylic oxidation sites excluding steroid dienone is 24. The molecule has 10 aliphatic heterocycles. The number of ether oxygens (including phenoxy) is 2. The number of aliphatic hydroxyl groups excluding tert-OH is 2. The fraction of sp³-hybridized carbons (Fsp3) is 0.394. The monoisotopic (exact) mass is 1130 g/mol. The Morgan fingerprint density at radius 2 is 0.878 bits per heavy atom. The highest BCUT2D eigenvalue weighted by Crippen LogP contribution is 2.50. The molecule has 4 atom stereocenters. The summed E-state index contributed by atoms with van der Waals surface area (Å²) in [4.78, 5) is 57.2. The number of hydrogen-bond donors (Lipinski definition) is 4. The second kappa shape index (κ2) is 21.5. The number of methoxy groups -OCH3 is 2. The summed E-state index contributed by atoms with van der Waals surface area (Å²) in [6, 6.07) is 0. The summed E-state index contributed by atoms with van der Waals surface area (Å²) < 4.78 is 10.2. The van der Waals surface area contributed by atoms with E-state index in [1.54, 1.807) is 21.6 Å². The zero-order chi connectivity index (χ0) is 57.7. The Morgan fingerprint density at radius 3 is 1.24 bits per heavy atom. The summed E-state index contributed by atoms with van der Waals surface area (Å²) in [5, 5.41) is 30.8. The number of aliphatic hydroxyl groups is 2. The van der Waals surface area contributed by atoms with E-state index in [1.807, 2.05) is 13.8 Å². The van der Waals surface area contributed by atoms with E-state index in [2.05, 4.69) is 102 Å². The molecule has 0 aromatic rings. The van der Waals surface area contributed by atoms with Crippen LogP contribution in [-0.4, -0.2) is 82.1 Å². The number of rotatable bonds is 13. The molecule has 10 heterocycles. The maximum Gasteiger partial charge on any atom is 0.305 e. The van der Waals surface area contributed by atoms with Gasteiger partial charge in [0.2, 0.25) is 0 Å². The van der Waals surface area contributed by atoms with Gasteiger partial charge in [0.15, 0.2) is 0 Å². The second-order valence-corrected chi connectivity index (χ2v) is 25.4. The third-order valence-corrected chi connectivity index (χ3v) is 20.8. The van der Waals surface area contributed by atoms with E-state index in [1.165, 1.54) is 14.2 Å². The van der Waals surface area contributed by atoms with E-state index in [4.69, 9.17) is 39.4 Å². The molecule has 16 heteroatoms. The molecule has 0 unspecified atom stereocenters. The van der Waals surface area contributed by atoms with Crippen molar-refractivity contribution in [2.45, 2.75) is 121 Å². The first kappa shape index (κ1) is 55.2. The minimum absolute atomic E-state index is 0.00865. The van der Waals surface area contributed by atoms with E-state index in [0.29, 0.717) is 48.7 Å². The van der Waals surface area contributed by atoms with Crippen LogP contribution < -0.4 is 10.6 Å². The fourth-order valence-electron chi connectivity index (χ4n) is 13.6. The van der Waals surface area contributed by atoms with Crippen molar-refractivity contribution in [2.75, 3.05) is 25.7 Å². The van der Waals surface area contributed by atoms with Crippen molar-refractivity contribution in [3.63, 3.8) is 0 Å². The van der Waals surface area contributed by atoms with Gasteiger partial charge in [0.1, 0.15) is 11.5 Å². The van der Waals surface area contributed by atoms with Gasteiger partial charge >= 0.3 is 11.9 Å². The van der Waals surface area contributed by atoms with Crippen molar-refractivity contribution < 1.29 is 29.3 Å². The number of carbonyl (C=O) groups is 2. The maximum absolute atomic E-state index is 12.7. The van der Waals surface area contributed by atoms with Crippen LogP contribution >= 0.6 is 21.6 Å². The smallest absolute Gasteiger partial charge is 0.305 e. The van der Waals surface area contributed by atoms with E-state index in [9.17, 15) is 19.8 Å². The molecule has 14 nitrogen and oxygen atoms in total. The van der Waals surface area contributed by atoms with Gasteiger partial charge in [0.05, 0.1) is 82.7 Å². The minimum atomic E-state index is -0.254. The highest BCUT2D eigenvalue weighted by atomic mass is 33.1. The predicted octanol–water partition coefficient (Wildman–Crippen LogP) is 13.6. The molecule has 12 aliphatic rings. The lowest BCUT2D eigenvalue weighted by Crippen LogP contribution is -2.16. The van der Waals surface area contributed by atoms with Crippen LogP contribution in [0.5, 0.6) is 0 Å². The third kappa shape index (κ3) is 9.19. The van der Waals surface area contributed by atoms with Gasteiger partial charge in [-0.15, -0.1) is 0 Å². The van der Waals surface area contributed by atoms with Crippen LogP contribution in [0.2, 0.25) is 0 Å². The van der Waals surface area contributed by atoms with Crippen LogP contribution in [0, 0.1) is 23.7 Å². The van der Waals surface area contributed by atoms with Gasteiger partial charge in [-0.2, -0.15) is 0 Å². The van der Waals surface area contributed by atoms with Crippen LogP contribution in [0.25, 0.3) is 0 Å². The van der Waals surface area contributed by atoms with Crippen molar-refractivity contribution in [3.8, 4) is 0 Å². The highest BCUT2D eigenvalue weighted by molar-refractivity contribution is 8.76. The van der Waals surface area contributed by atoms with Crippen molar-refractivity contribution >= 4 is 67.8 Å². The second-order valence-electron chi connectivity index (χ2n) is 22.9. The molecule has 4 N–H and O–H groups in total. The number of esters is 2. The maximum atomic E-state index is 12.7. The molecule has 422 valence electrons. The first-order valence-electron chi connectivity index (χ1n) is 28.7. The van der Waals surface area contributed by atoms with Gasteiger partial charge in [-0.3, -0.25) is 9.59 Å². The average molecular weight is 1140 g/mol. The van der Waals surface area contributed by atoms with Crippen LogP contribution in [0.15, 0.2) is 213 Å². The van der Waals surface area contributed by atoms with Gasteiger partial charge in [-0.25, -0.2) is 30.0 Å². The quantitative estimate of drug-likeness (QED) is 0.0784. The Morgan fingerprint density at radius 1 is 0.524 bits per heavy atom. The standard InChI is InChI=1S/C66H70N8O6S2/c1-13-37-29(3)47-23-55-43(33(7)45(69-55)21-49-31(5)39(15-17-59(77)79-11)63(71-49)41-19-57(75)61-35(9)51(73-65(41)61)25-53(37)67-47)27-81-82-28-44-34(8)46-22-50-32(6)40(16-18-60(78)80-12)64(72-50)42-20-58(76)62-36(10)52(74-66(42)62)26-54-38(14-2)30(4)48(68-54)24-56(44)70-46/h21-26,31-32,39-40,71-72,75-76H,13-20,27-28H2,1-12H3/t31-,32-,39-,40-/m0/s1. The van der Waals surface area contributed by atoms with Crippen molar-refractivity contribution in [3.05, 3.63) is 183 Å². The lowest BCUT2D eigenvalue weighted by atomic mass is 9.86. The first-order chi connectivity index (χ1) is 39.4. The predicted molar refractivity (Wildman–Crippen MR) is 331 cm³/mol. The third-order valence-electron chi connectivity index (χ3n) is 18.6. The number of nitrogens with one attached hydrogen (secondary N) is 2. The van der Waals surface area contributed by atoms with E-state index in [-0.39, 0.29) is 48.5 Å². The van der Waals surface area contributed by atoms with Gasteiger partial charge in [0, 0.05) is 106 Å². The molecule has 12 rings (SSSR count). The van der Waals surface area contributed by atoms with Crippen LogP contribution in [0.1, 0.15) is 121 Å². The van der Waals surface area contributed by atoms with E-state index in [0.717, 1.165) is 182 Å². The van der Waals surface area contributed by atoms with Gasteiger partial charge < -0.3 is 30.3 Å². The summed E-state index contributed by atoms with van der Waals surface area (Å²) in [5.41, 5.74) is 28.4. The number of carbonyl (C=O) groups excluding carboxylic acids is 2. The molecule has 0 aromatic heterocycles. The fourth-order valence-corrected chi connectivity index (χ4v) is 16.0. The van der Waals surface area contributed by atoms with Crippen LogP contribution in [-0.2, 0) is 19.1 Å². The molecule has 0 spiro atoms. The van der Waals surface area contributed by atoms with Gasteiger partial charge in [0.25, 0.3) is 0 Å². The zero-order valence-corrected chi connectivity index (χ0v) is 50.5. The van der Waals surface area contributed by atoms with Crippen molar-refractivity contribution in [2.24, 2.45) is 53.6 Å². The number of nitrogens with zero attached hydrogens (tertiary/aromatic N) is 6. The minimum Gasteiger partial charge on any atom is -0.511 e. The first-order valence-corrected chi connectivity index (χ1v) is 31.2. The molecular weight excluding hydrogens is 1060 g/mol. The Bertz CT molecular complexity index is 3580. The average Bonchev–Trinajstić information content (AvgIpc) is 4.56. The molecule has 82 heavy (non-hydrogen) atoms. The van der Waals surface area contributed by atoms with Gasteiger partial charge in [-0.1, -0.05) is 49.3 Å². The summed E-state index contributed by atoms with van der Waals surface area (Å²) in [6.07, 6.45) is 16.8. The summed E-state index contributed by atoms with van der Waals surface area (Å²) >= 11 is 0. The highest BCUT2D eigenvalue weighted by Gasteiger charge is 2.44. The Kier molecular flexibility index (Phi) is 14.5. The molecule has 0 amide bonds. The van der Waals surface area contributed by atoms with Crippen molar-refractivity contribution in [1.29, 1.82) is 0 Å². The zero-order valence-electron chi connectivity index (χ0n) is 48.9. The molecule has 0 radical (unpaired) electrons. The molecular formula is C66H70N8O6S2. The Hall–Kier alpha value is -7.30. The largest absolute Gasteiger partial charge is 0.511 e. The molecule has 2 fully saturated rings. The number of fused-ring (bicyclic) bond motifs is 10. The normalized spacial score (nSPS) is 25.3. The molecule has 2 saturated heterocycles. The SMILES string of the molecule is CCC1=C(C)C2=NC1=CC1=C(C)C3=C(O)CC(=C4NC(=CC5=NC(=C2)C(CSSCC2=C(C)C6=NC2=CC2=NC(=CC7=C(C)C8=C(O)CC(=C9NC(=C6)[C@@H](C)[C@@H]9CCC(=O)OC)C8=N7)C(CC)=C2C)=C5C)[C@@H](C)[C@@H]4CCC(=O)OC)C3=N1. The van der Waals surface area contributed by atoms with Crippen LogP contribution in [0.4, 0.5) is 0 Å². The van der Waals surface area contributed by atoms with Crippen molar-refractivity contribution in [1.82, 2.24) is 10.6 Å². The molecule has 0 aromatic carbocycles. The number of hydrogen-bond acceptors (Lipinski definition) is 16. The van der Waals surface area contributed by atoms with Crippen LogP contribution in [0.3, 0.4) is 0 Å². The summed E-state index contributed by atoms with van der Waals surface area (Å²) in [5.74, 6) is 1.39. The topological polar surface area (TPSA) is 191 Å². The lowest BCUT2D eigenvalue weighted by molar-refractivity contribution is -0.141. The Labute approximate surface area is 488 Å². The van der Waals surface area contributed by atoms with E-state index < -0.39 is 0 Å². The summed E-state index contributed by atoms with van der Waals surface area (Å²) in [6.45, 7) is 21.4. The number of aliphatic imine (C=N–C) groups is 6.